The maximum Gasteiger partial charge on any atom is 0.343 e. The van der Waals surface area contributed by atoms with Gasteiger partial charge in [0.2, 0.25) is 0 Å². The molecule has 7 heteroatoms. The number of nitrogens with zero attached hydrogens (tertiary/aromatic N) is 2. The van der Waals surface area contributed by atoms with Gasteiger partial charge in [0, 0.05) is 28.7 Å². The van der Waals surface area contributed by atoms with Gasteiger partial charge in [-0.1, -0.05) is 32.6 Å². The SMILES string of the molecule is [C-]#[N+]/C(C#N)=C1C=C(/C=C/c2cc3cc4c(cc3oc2=O)C#CCCC2C(C(=O)OCC)C42)OC(C(C)(C)C)=C/1. The summed E-state index contributed by atoms with van der Waals surface area (Å²) in [5.74, 6) is 7.21. The van der Waals surface area contributed by atoms with E-state index in [1.54, 1.807) is 36.4 Å². The van der Waals surface area contributed by atoms with Crippen molar-refractivity contribution in [3.8, 4) is 17.9 Å². The minimum Gasteiger partial charge on any atom is -0.466 e. The van der Waals surface area contributed by atoms with Gasteiger partial charge in [-0.2, -0.15) is 0 Å². The fraction of sp³-hybridized carbons (Fsp3) is 0.333. The van der Waals surface area contributed by atoms with E-state index in [1.807, 2.05) is 39.8 Å². The number of allylic oxidation sites excluding steroid dienone is 6. The number of fused-ring (bicyclic) bond motifs is 4. The second-order valence-electron chi connectivity index (χ2n) is 11.0. The lowest BCUT2D eigenvalue weighted by Crippen LogP contribution is -2.15. The van der Waals surface area contributed by atoms with E-state index in [9.17, 15) is 14.9 Å². The Bertz CT molecular complexity index is 1740. The number of nitriles is 1. The molecule has 40 heavy (non-hydrogen) atoms. The van der Waals surface area contributed by atoms with Crippen LogP contribution in [0.25, 0.3) is 21.9 Å². The first-order valence-corrected chi connectivity index (χ1v) is 13.2. The minimum atomic E-state index is -0.520. The summed E-state index contributed by atoms with van der Waals surface area (Å²) in [5, 5.41) is 10.1. The molecule has 1 fully saturated rings. The molecule has 5 rings (SSSR count). The van der Waals surface area contributed by atoms with Crippen molar-refractivity contribution in [1.82, 2.24) is 0 Å². The molecule has 2 aromatic rings. The van der Waals surface area contributed by atoms with Gasteiger partial charge in [0.25, 0.3) is 5.70 Å². The molecule has 0 N–H and O–H groups in total. The van der Waals surface area contributed by atoms with Crippen molar-refractivity contribution in [2.24, 2.45) is 17.3 Å². The molecule has 1 aliphatic heterocycles. The molecule has 3 atom stereocenters. The number of rotatable bonds is 4. The van der Waals surface area contributed by atoms with Gasteiger partial charge in [-0.25, -0.2) is 14.9 Å². The van der Waals surface area contributed by atoms with E-state index in [0.29, 0.717) is 41.3 Å². The fourth-order valence-electron chi connectivity index (χ4n) is 5.25. The Balaban J connectivity index is 1.52. The number of carbonyl (C=O) groups is 1. The van der Waals surface area contributed by atoms with Crippen molar-refractivity contribution in [3.63, 3.8) is 0 Å². The normalized spacial score (nSPS) is 22.5. The number of hydrogen-bond donors (Lipinski definition) is 0. The molecule has 0 amide bonds. The lowest BCUT2D eigenvalue weighted by Gasteiger charge is -2.26. The molecule has 0 saturated heterocycles. The zero-order chi connectivity index (χ0) is 28.6. The molecule has 1 saturated carbocycles. The minimum absolute atomic E-state index is 0.0318. The van der Waals surface area contributed by atoms with E-state index >= 15 is 0 Å². The van der Waals surface area contributed by atoms with Gasteiger partial charge in [0.05, 0.1) is 30.7 Å². The Labute approximate surface area is 232 Å². The highest BCUT2D eigenvalue weighted by atomic mass is 16.5. The maximum absolute atomic E-state index is 12.9. The molecule has 7 nitrogen and oxygen atoms in total. The summed E-state index contributed by atoms with van der Waals surface area (Å²) >= 11 is 0. The summed E-state index contributed by atoms with van der Waals surface area (Å²) < 4.78 is 17.0. The van der Waals surface area contributed by atoms with Gasteiger partial charge >= 0.3 is 11.6 Å². The predicted octanol–water partition coefficient (Wildman–Crippen LogP) is 6.39. The Morgan fingerprint density at radius 1 is 1.27 bits per heavy atom. The summed E-state index contributed by atoms with van der Waals surface area (Å²) in [7, 11) is 0. The summed E-state index contributed by atoms with van der Waals surface area (Å²) in [6.07, 6.45) is 8.08. The standard InChI is InChI=1S/C33H28N2O5/c1-6-38-32(37)30-24-10-8-7-9-19-16-27-22(15-25(19)29(24)30)13-20(31(36)40-27)11-12-23-14-21(26(18-34)35-5)17-28(39-23)33(2,3)4/h11-17,24,29-30H,6,8,10H2,1-4H3/b12-11+,26-21-. The number of benzene rings is 1. The maximum atomic E-state index is 12.9. The summed E-state index contributed by atoms with van der Waals surface area (Å²) in [5.41, 5.74) is 2.00. The molecular formula is C33H28N2O5. The molecule has 3 unspecified atom stereocenters. The quantitative estimate of drug-likeness (QED) is 0.149. The third-order valence-electron chi connectivity index (χ3n) is 7.31. The topological polar surface area (TPSA) is 93.9 Å². The fourth-order valence-corrected chi connectivity index (χ4v) is 5.25. The summed E-state index contributed by atoms with van der Waals surface area (Å²) in [6.45, 7) is 15.4. The number of esters is 1. The predicted molar refractivity (Wildman–Crippen MR) is 150 cm³/mol. The Kier molecular flexibility index (Phi) is 6.97. The first-order valence-electron chi connectivity index (χ1n) is 13.2. The molecule has 200 valence electrons. The Morgan fingerprint density at radius 3 is 2.77 bits per heavy atom. The molecule has 1 aromatic carbocycles. The van der Waals surface area contributed by atoms with Gasteiger partial charge in [-0.05, 0) is 72.9 Å². The van der Waals surface area contributed by atoms with Crippen LogP contribution >= 0.6 is 0 Å². The zero-order valence-corrected chi connectivity index (χ0v) is 22.8. The van der Waals surface area contributed by atoms with Gasteiger partial charge in [0.1, 0.15) is 17.1 Å². The molecule has 0 radical (unpaired) electrons. The highest BCUT2D eigenvalue weighted by molar-refractivity contribution is 5.84. The highest BCUT2D eigenvalue weighted by Gasteiger charge is 2.56. The molecule has 3 aliphatic rings. The molecule has 0 bridgehead atoms. The van der Waals surface area contributed by atoms with Crippen LogP contribution in [-0.4, -0.2) is 12.6 Å². The third kappa shape index (κ3) is 5.09. The van der Waals surface area contributed by atoms with Crippen LogP contribution < -0.4 is 5.63 Å². The number of ether oxygens (including phenoxy) is 2. The number of hydrogen-bond acceptors (Lipinski definition) is 6. The zero-order valence-electron chi connectivity index (χ0n) is 22.8. The van der Waals surface area contributed by atoms with E-state index in [-0.39, 0.29) is 34.8 Å². The van der Waals surface area contributed by atoms with E-state index < -0.39 is 5.63 Å². The molecular weight excluding hydrogens is 504 g/mol. The van der Waals surface area contributed by atoms with Crippen LogP contribution in [0.3, 0.4) is 0 Å². The Hall–Kier alpha value is -4.80. The van der Waals surface area contributed by atoms with Crippen molar-refractivity contribution in [2.45, 2.75) is 46.5 Å². The monoisotopic (exact) mass is 532 g/mol. The largest absolute Gasteiger partial charge is 0.466 e. The van der Waals surface area contributed by atoms with E-state index in [1.165, 1.54) is 0 Å². The molecule has 1 aromatic heterocycles. The highest BCUT2D eigenvalue weighted by Crippen LogP contribution is 2.58. The van der Waals surface area contributed by atoms with Crippen molar-refractivity contribution in [3.05, 3.63) is 97.7 Å². The Morgan fingerprint density at radius 2 is 2.08 bits per heavy atom. The van der Waals surface area contributed by atoms with E-state index in [0.717, 1.165) is 22.9 Å². The van der Waals surface area contributed by atoms with E-state index in [4.69, 9.17) is 20.5 Å². The first-order chi connectivity index (χ1) is 19.1. The van der Waals surface area contributed by atoms with Crippen LogP contribution in [0.5, 0.6) is 0 Å². The van der Waals surface area contributed by atoms with Crippen LogP contribution in [0.15, 0.2) is 68.4 Å². The van der Waals surface area contributed by atoms with Crippen molar-refractivity contribution < 1.29 is 18.7 Å². The second-order valence-corrected chi connectivity index (χ2v) is 11.0. The van der Waals surface area contributed by atoms with Crippen LogP contribution in [0.2, 0.25) is 0 Å². The first kappa shape index (κ1) is 26.8. The van der Waals surface area contributed by atoms with Gasteiger partial charge in [0.15, 0.2) is 0 Å². The van der Waals surface area contributed by atoms with Crippen LogP contribution in [-0.2, 0) is 14.3 Å². The summed E-state index contributed by atoms with van der Waals surface area (Å²) in [4.78, 5) is 28.8. The van der Waals surface area contributed by atoms with Crippen LogP contribution in [0.1, 0.15) is 63.1 Å². The average Bonchev–Trinajstić information content (AvgIpc) is 3.62. The van der Waals surface area contributed by atoms with Gasteiger partial charge in [-0.3, -0.25) is 4.79 Å². The van der Waals surface area contributed by atoms with Crippen molar-refractivity contribution in [2.75, 3.05) is 6.61 Å². The lowest BCUT2D eigenvalue weighted by atomic mass is 9.91. The summed E-state index contributed by atoms with van der Waals surface area (Å²) in [6, 6.07) is 7.43. The molecule has 2 heterocycles. The van der Waals surface area contributed by atoms with Gasteiger partial charge in [-0.15, -0.1) is 0 Å². The van der Waals surface area contributed by atoms with Gasteiger partial charge < -0.3 is 13.9 Å². The average molecular weight is 533 g/mol. The smallest absolute Gasteiger partial charge is 0.343 e. The number of carbonyl (C=O) groups excluding carboxylic acids is 1. The van der Waals surface area contributed by atoms with Crippen LogP contribution in [0.4, 0.5) is 0 Å². The molecule has 2 aliphatic carbocycles. The lowest BCUT2D eigenvalue weighted by molar-refractivity contribution is -0.145. The third-order valence-corrected chi connectivity index (χ3v) is 7.31. The van der Waals surface area contributed by atoms with Crippen LogP contribution in [0, 0.1) is 47.0 Å². The van der Waals surface area contributed by atoms with Crippen molar-refractivity contribution in [1.29, 1.82) is 5.26 Å². The van der Waals surface area contributed by atoms with Crippen molar-refractivity contribution >= 4 is 23.0 Å². The second kappa shape index (κ2) is 10.4. The van der Waals surface area contributed by atoms with E-state index in [2.05, 4.69) is 16.7 Å². The molecule has 0 spiro atoms.